The Balaban J connectivity index is 2.66. The minimum absolute atomic E-state index is 0.569. The number of nitrogens with one attached hydrogen (secondary N) is 1. The van der Waals surface area contributed by atoms with Gasteiger partial charge in [0.1, 0.15) is 6.20 Å². The van der Waals surface area contributed by atoms with E-state index in [1.54, 1.807) is 0 Å². The normalized spacial score (nSPS) is 11.2. The fraction of sp³-hybridized carbons (Fsp3) is 0.200. The van der Waals surface area contributed by atoms with Gasteiger partial charge >= 0.3 is 12.4 Å². The molecular formula is C5H4F3N2O+. The second kappa shape index (κ2) is 2.73. The third kappa shape index (κ3) is 2.83. The third-order valence-corrected chi connectivity index (χ3v) is 0.793. The van der Waals surface area contributed by atoms with Gasteiger partial charge in [0.25, 0.3) is 0 Å². The predicted molar refractivity (Wildman–Crippen MR) is 27.5 cm³/mol. The van der Waals surface area contributed by atoms with E-state index in [0.29, 0.717) is 0 Å². The standard InChI is InChI=1S/C5H3F3N2O/c6-5(7,8)11-4-9-2-1-3-10-4/h1-3H/p+1. The number of nitrogens with zero attached hydrogens (tertiary/aromatic N) is 1. The van der Waals surface area contributed by atoms with Crippen molar-refractivity contribution in [3.8, 4) is 6.01 Å². The Labute approximate surface area is 59.8 Å². The molecular weight excluding hydrogens is 161 g/mol. The third-order valence-electron chi connectivity index (χ3n) is 0.793. The van der Waals surface area contributed by atoms with Crippen molar-refractivity contribution >= 4 is 0 Å². The van der Waals surface area contributed by atoms with Gasteiger partial charge in [0.2, 0.25) is 0 Å². The lowest BCUT2D eigenvalue weighted by molar-refractivity contribution is -0.429. The summed E-state index contributed by atoms with van der Waals surface area (Å²) in [6.45, 7) is 0. The first-order chi connectivity index (χ1) is 5.08. The van der Waals surface area contributed by atoms with Gasteiger partial charge in [-0.25, -0.2) is 4.98 Å². The van der Waals surface area contributed by atoms with Crippen molar-refractivity contribution in [3.05, 3.63) is 18.5 Å². The van der Waals surface area contributed by atoms with Gasteiger partial charge < -0.3 is 4.74 Å². The molecule has 1 aromatic rings. The second-order valence-electron chi connectivity index (χ2n) is 1.63. The minimum Gasteiger partial charge on any atom is -0.334 e. The van der Waals surface area contributed by atoms with Crippen LogP contribution in [0.5, 0.6) is 6.01 Å². The Hall–Kier alpha value is -1.33. The summed E-state index contributed by atoms with van der Waals surface area (Å²) in [6, 6.07) is 0.878. The van der Waals surface area contributed by atoms with Crippen LogP contribution >= 0.6 is 0 Å². The Kier molecular flexibility index (Phi) is 1.93. The maximum atomic E-state index is 11.5. The van der Waals surface area contributed by atoms with E-state index < -0.39 is 12.4 Å². The second-order valence-corrected chi connectivity index (χ2v) is 1.63. The van der Waals surface area contributed by atoms with Crippen LogP contribution in [0.15, 0.2) is 18.5 Å². The molecule has 0 aliphatic carbocycles. The average Bonchev–Trinajstić information content (AvgIpc) is 1.85. The summed E-state index contributed by atoms with van der Waals surface area (Å²) >= 11 is 0. The molecule has 0 amide bonds. The molecule has 0 radical (unpaired) electrons. The molecule has 0 fully saturated rings. The van der Waals surface area contributed by atoms with Crippen molar-refractivity contribution in [1.82, 2.24) is 4.98 Å². The monoisotopic (exact) mass is 165 g/mol. The topological polar surface area (TPSA) is 36.3 Å². The van der Waals surface area contributed by atoms with Gasteiger partial charge in [-0.1, -0.05) is 0 Å². The van der Waals surface area contributed by atoms with E-state index in [2.05, 4.69) is 14.7 Å². The van der Waals surface area contributed by atoms with Crippen molar-refractivity contribution in [2.45, 2.75) is 6.36 Å². The molecule has 1 aromatic heterocycles. The minimum atomic E-state index is -4.69. The van der Waals surface area contributed by atoms with Crippen LogP contribution in [0, 0.1) is 0 Å². The lowest BCUT2D eigenvalue weighted by atomic mass is 10.7. The molecule has 0 aliphatic heterocycles. The first-order valence-corrected chi connectivity index (χ1v) is 2.66. The Morgan fingerprint density at radius 1 is 1.45 bits per heavy atom. The Morgan fingerprint density at radius 2 is 2.18 bits per heavy atom. The highest BCUT2D eigenvalue weighted by Crippen LogP contribution is 2.16. The maximum absolute atomic E-state index is 11.5. The number of hydrogen-bond donors (Lipinski definition) is 0. The van der Waals surface area contributed by atoms with Crippen LogP contribution in [0.4, 0.5) is 13.2 Å². The molecule has 0 aliphatic rings. The van der Waals surface area contributed by atoms with Gasteiger partial charge in [-0.2, -0.15) is 0 Å². The van der Waals surface area contributed by atoms with Crippen LogP contribution in [0.1, 0.15) is 0 Å². The quantitative estimate of drug-likeness (QED) is 0.616. The van der Waals surface area contributed by atoms with Crippen LogP contribution < -0.4 is 9.72 Å². The van der Waals surface area contributed by atoms with E-state index in [1.807, 2.05) is 0 Å². The number of alkyl halides is 3. The number of aromatic nitrogens is 2. The molecule has 60 valence electrons. The van der Waals surface area contributed by atoms with Crippen LogP contribution in [-0.2, 0) is 0 Å². The van der Waals surface area contributed by atoms with Gasteiger partial charge in [-0.3, -0.25) is 0 Å². The van der Waals surface area contributed by atoms with Crippen LogP contribution in [0.25, 0.3) is 0 Å². The number of H-pyrrole nitrogens is 1. The van der Waals surface area contributed by atoms with Gasteiger partial charge in [0.05, 0.1) is 6.20 Å². The molecule has 0 aromatic carbocycles. The van der Waals surface area contributed by atoms with Gasteiger partial charge in [0.15, 0.2) is 0 Å². The summed E-state index contributed by atoms with van der Waals surface area (Å²) in [5.41, 5.74) is 0. The van der Waals surface area contributed by atoms with Crippen LogP contribution in [-0.4, -0.2) is 11.3 Å². The first-order valence-electron chi connectivity index (χ1n) is 2.66. The zero-order valence-electron chi connectivity index (χ0n) is 5.22. The van der Waals surface area contributed by atoms with E-state index >= 15 is 0 Å². The highest BCUT2D eigenvalue weighted by atomic mass is 19.4. The number of halogens is 3. The summed E-state index contributed by atoms with van der Waals surface area (Å²) in [7, 11) is 0. The van der Waals surface area contributed by atoms with Crippen molar-refractivity contribution < 1.29 is 22.9 Å². The molecule has 0 atom stereocenters. The summed E-state index contributed by atoms with van der Waals surface area (Å²) < 4.78 is 37.8. The van der Waals surface area contributed by atoms with Crippen LogP contribution in [0.2, 0.25) is 0 Å². The molecule has 0 saturated heterocycles. The highest BCUT2D eigenvalue weighted by molar-refractivity contribution is 4.82. The lowest BCUT2D eigenvalue weighted by Crippen LogP contribution is -2.23. The summed E-state index contributed by atoms with van der Waals surface area (Å²) in [5.74, 6) is 0. The number of ether oxygens (including phenoxy) is 1. The molecule has 0 spiro atoms. The molecule has 1 rings (SSSR count). The maximum Gasteiger partial charge on any atom is 0.578 e. The molecule has 1 heterocycles. The van der Waals surface area contributed by atoms with Crippen molar-refractivity contribution in [1.29, 1.82) is 0 Å². The summed E-state index contributed by atoms with van der Waals surface area (Å²) in [5, 5.41) is 0. The van der Waals surface area contributed by atoms with Gasteiger partial charge in [-0.05, 0) is 4.98 Å². The van der Waals surface area contributed by atoms with E-state index in [1.165, 1.54) is 18.5 Å². The van der Waals surface area contributed by atoms with Crippen molar-refractivity contribution in [2.24, 2.45) is 0 Å². The molecule has 1 N–H and O–H groups in total. The van der Waals surface area contributed by atoms with Crippen LogP contribution in [0.3, 0.4) is 0 Å². The summed E-state index contributed by atoms with van der Waals surface area (Å²) in [6.07, 6.45) is -2.21. The molecule has 11 heavy (non-hydrogen) atoms. The van der Waals surface area contributed by atoms with Crippen molar-refractivity contribution in [3.63, 3.8) is 0 Å². The summed E-state index contributed by atoms with van der Waals surface area (Å²) in [4.78, 5) is 5.44. The number of aromatic amines is 1. The van der Waals surface area contributed by atoms with Gasteiger partial charge in [0, 0.05) is 6.07 Å². The largest absolute Gasteiger partial charge is 0.578 e. The highest BCUT2D eigenvalue weighted by Gasteiger charge is 2.34. The Morgan fingerprint density at radius 3 is 2.64 bits per heavy atom. The van der Waals surface area contributed by atoms with E-state index in [0.717, 1.165) is 0 Å². The van der Waals surface area contributed by atoms with E-state index in [-0.39, 0.29) is 0 Å². The lowest BCUT2D eigenvalue weighted by Gasteiger charge is -2.00. The fourth-order valence-electron chi connectivity index (χ4n) is 0.476. The SMILES string of the molecule is FC(F)(F)Oc1nccc[nH+]1. The van der Waals surface area contributed by atoms with E-state index in [4.69, 9.17) is 0 Å². The molecule has 0 unspecified atom stereocenters. The number of rotatable bonds is 1. The van der Waals surface area contributed by atoms with Gasteiger partial charge in [-0.15, -0.1) is 13.2 Å². The first kappa shape index (κ1) is 7.77. The molecule has 6 heteroatoms. The Bertz CT molecular complexity index is 223. The molecule has 0 bridgehead atoms. The molecule has 3 nitrogen and oxygen atoms in total. The smallest absolute Gasteiger partial charge is 0.334 e. The molecule has 0 saturated carbocycles. The average molecular weight is 165 g/mol. The zero-order chi connectivity index (χ0) is 8.32. The number of hydrogen-bond acceptors (Lipinski definition) is 2. The van der Waals surface area contributed by atoms with E-state index in [9.17, 15) is 13.2 Å². The predicted octanol–water partition coefficient (Wildman–Crippen LogP) is 0.794. The zero-order valence-corrected chi connectivity index (χ0v) is 5.22. The van der Waals surface area contributed by atoms with Crippen molar-refractivity contribution in [2.75, 3.05) is 0 Å². The fourth-order valence-corrected chi connectivity index (χ4v) is 0.476.